The number of carbonyl (C=O) groups excluding carboxylic acids is 2. The SMILES string of the molecule is C[C@@H](CCCCNC(=O)CC[C@H](CC(=O)CCCCCCCCCCSc1ccc(C(=O)O)cc1)C(=O)O)C(=O)O. The number of carboxylic acid groups (broad SMARTS) is 3. The summed E-state index contributed by atoms with van der Waals surface area (Å²) in [5, 5.41) is 30.0. The van der Waals surface area contributed by atoms with Crippen LogP contribution in [0.3, 0.4) is 0 Å². The molecule has 0 aromatic heterocycles. The van der Waals surface area contributed by atoms with Crippen molar-refractivity contribution in [2.75, 3.05) is 12.3 Å². The number of carbonyl (C=O) groups is 5. The first-order chi connectivity index (χ1) is 19.6. The molecule has 0 aliphatic carbocycles. The van der Waals surface area contributed by atoms with Crippen LogP contribution in [-0.2, 0) is 19.2 Å². The van der Waals surface area contributed by atoms with Gasteiger partial charge in [-0.15, -0.1) is 11.8 Å². The first kappa shape index (κ1) is 36.1. The second-order valence-electron chi connectivity index (χ2n) is 10.7. The zero-order valence-corrected chi connectivity index (χ0v) is 25.1. The van der Waals surface area contributed by atoms with Crippen LogP contribution in [0.25, 0.3) is 0 Å². The van der Waals surface area contributed by atoms with Crippen LogP contribution in [0.2, 0.25) is 0 Å². The van der Waals surface area contributed by atoms with E-state index in [4.69, 9.17) is 10.2 Å². The topological polar surface area (TPSA) is 158 Å². The van der Waals surface area contributed by atoms with E-state index in [1.54, 1.807) is 30.8 Å². The fourth-order valence-corrected chi connectivity index (χ4v) is 5.29. The molecule has 0 spiro atoms. The Bertz CT molecular complexity index is 950. The third-order valence-electron chi connectivity index (χ3n) is 7.07. The number of thioether (sulfide) groups is 1. The molecule has 0 bridgehead atoms. The Morgan fingerprint density at radius 1 is 0.732 bits per heavy atom. The largest absolute Gasteiger partial charge is 0.481 e. The van der Waals surface area contributed by atoms with E-state index in [-0.39, 0.29) is 31.0 Å². The Morgan fingerprint density at radius 2 is 1.34 bits per heavy atom. The summed E-state index contributed by atoms with van der Waals surface area (Å²) in [6, 6.07) is 6.95. The van der Waals surface area contributed by atoms with Crippen molar-refractivity contribution in [3.05, 3.63) is 29.8 Å². The molecule has 2 atom stereocenters. The average Bonchev–Trinajstić information content (AvgIpc) is 2.93. The van der Waals surface area contributed by atoms with Gasteiger partial charge in [0.1, 0.15) is 5.78 Å². The lowest BCUT2D eigenvalue weighted by Gasteiger charge is -2.12. The van der Waals surface area contributed by atoms with E-state index < -0.39 is 29.7 Å². The van der Waals surface area contributed by atoms with Crippen LogP contribution in [0, 0.1) is 11.8 Å². The number of hydrogen-bond acceptors (Lipinski definition) is 6. The smallest absolute Gasteiger partial charge is 0.335 e. The zero-order chi connectivity index (χ0) is 30.5. The number of aromatic carboxylic acids is 1. The summed E-state index contributed by atoms with van der Waals surface area (Å²) in [4.78, 5) is 58.6. The van der Waals surface area contributed by atoms with E-state index in [0.717, 1.165) is 62.0 Å². The third kappa shape index (κ3) is 18.2. The van der Waals surface area contributed by atoms with Gasteiger partial charge in [0.25, 0.3) is 0 Å². The van der Waals surface area contributed by atoms with Crippen molar-refractivity contribution in [1.82, 2.24) is 5.32 Å². The van der Waals surface area contributed by atoms with Crippen LogP contribution in [0.1, 0.15) is 114 Å². The third-order valence-corrected chi connectivity index (χ3v) is 8.17. The maximum Gasteiger partial charge on any atom is 0.335 e. The molecule has 1 rings (SSSR count). The molecule has 0 aliphatic rings. The molecule has 1 amide bonds. The molecule has 0 heterocycles. The Labute approximate surface area is 247 Å². The van der Waals surface area contributed by atoms with Crippen LogP contribution in [0.15, 0.2) is 29.2 Å². The molecule has 0 saturated heterocycles. The van der Waals surface area contributed by atoms with Gasteiger partial charge < -0.3 is 20.6 Å². The van der Waals surface area contributed by atoms with Gasteiger partial charge in [-0.2, -0.15) is 0 Å². The molecule has 0 saturated carbocycles. The summed E-state index contributed by atoms with van der Waals surface area (Å²) in [6.45, 7) is 2.07. The normalized spacial score (nSPS) is 12.4. The van der Waals surface area contributed by atoms with Gasteiger partial charge in [-0.1, -0.05) is 51.9 Å². The fourth-order valence-electron chi connectivity index (χ4n) is 4.38. The fraction of sp³-hybridized carbons (Fsp3) is 0.645. The highest BCUT2D eigenvalue weighted by Crippen LogP contribution is 2.21. The van der Waals surface area contributed by atoms with Crippen LogP contribution in [-0.4, -0.2) is 57.2 Å². The van der Waals surface area contributed by atoms with E-state index in [1.165, 1.54) is 0 Å². The highest BCUT2D eigenvalue weighted by atomic mass is 32.2. The molecule has 10 heteroatoms. The van der Waals surface area contributed by atoms with Gasteiger partial charge >= 0.3 is 17.9 Å². The lowest BCUT2D eigenvalue weighted by atomic mass is 9.94. The number of nitrogens with one attached hydrogen (secondary N) is 1. The predicted molar refractivity (Wildman–Crippen MR) is 159 cm³/mol. The number of benzene rings is 1. The molecule has 0 unspecified atom stereocenters. The predicted octanol–water partition coefficient (Wildman–Crippen LogP) is 6.44. The first-order valence-corrected chi connectivity index (χ1v) is 15.8. The Balaban J connectivity index is 2.04. The minimum atomic E-state index is -1.05. The molecule has 1 aromatic carbocycles. The van der Waals surface area contributed by atoms with Crippen LogP contribution in [0.5, 0.6) is 0 Å². The highest BCUT2D eigenvalue weighted by Gasteiger charge is 2.22. The van der Waals surface area contributed by atoms with E-state index in [2.05, 4.69) is 5.32 Å². The molecule has 230 valence electrons. The van der Waals surface area contributed by atoms with E-state index in [0.29, 0.717) is 37.8 Å². The minimum absolute atomic E-state index is 0.0442. The first-order valence-electron chi connectivity index (χ1n) is 14.8. The number of unbranched alkanes of at least 4 members (excludes halogenated alkanes) is 8. The van der Waals surface area contributed by atoms with E-state index >= 15 is 0 Å². The number of hydrogen-bond donors (Lipinski definition) is 4. The highest BCUT2D eigenvalue weighted by molar-refractivity contribution is 7.99. The van der Waals surface area contributed by atoms with Gasteiger partial charge in [-0.05, 0) is 62.1 Å². The van der Waals surface area contributed by atoms with Crippen molar-refractivity contribution in [3.8, 4) is 0 Å². The van der Waals surface area contributed by atoms with Crippen LogP contribution >= 0.6 is 11.8 Å². The average molecular weight is 594 g/mol. The van der Waals surface area contributed by atoms with Gasteiger partial charge in [0, 0.05) is 30.7 Å². The quantitative estimate of drug-likeness (QED) is 0.0740. The van der Waals surface area contributed by atoms with E-state index in [9.17, 15) is 29.1 Å². The number of amides is 1. The Hall–Kier alpha value is -2.88. The molecule has 4 N–H and O–H groups in total. The molecule has 1 aromatic rings. The maximum absolute atomic E-state index is 12.3. The van der Waals surface area contributed by atoms with Crippen molar-refractivity contribution in [1.29, 1.82) is 0 Å². The monoisotopic (exact) mass is 593 g/mol. The van der Waals surface area contributed by atoms with Crippen molar-refractivity contribution < 1.29 is 39.3 Å². The van der Waals surface area contributed by atoms with Gasteiger partial charge in [-0.25, -0.2) is 4.79 Å². The number of carboxylic acids is 3. The van der Waals surface area contributed by atoms with Gasteiger partial charge in [0.2, 0.25) is 5.91 Å². The molecule has 9 nitrogen and oxygen atoms in total. The standard InChI is InChI=1S/C31H47NO8S/c1-23(29(35)36)12-9-10-20-32-28(34)19-16-25(31(39)40)22-26(33)13-8-6-4-2-3-5-7-11-21-41-27-17-14-24(15-18-27)30(37)38/h14-15,17-18,23,25H,2-13,16,19-22H2,1H3,(H,32,34)(H,35,36)(H,37,38)(H,39,40)/t23-,25+/m0/s1. The number of Topliss-reactive ketones (excluding diaryl/α,β-unsaturated/α-hetero) is 1. The van der Waals surface area contributed by atoms with Gasteiger partial charge in [-0.3, -0.25) is 19.2 Å². The lowest BCUT2D eigenvalue weighted by Crippen LogP contribution is -2.26. The lowest BCUT2D eigenvalue weighted by molar-refractivity contribution is -0.144. The second-order valence-corrected chi connectivity index (χ2v) is 11.8. The Kier molecular flexibility index (Phi) is 19.2. The minimum Gasteiger partial charge on any atom is -0.481 e. The Morgan fingerprint density at radius 3 is 1.93 bits per heavy atom. The van der Waals surface area contributed by atoms with Crippen LogP contribution < -0.4 is 5.32 Å². The molecular formula is C31H47NO8S. The van der Waals surface area contributed by atoms with Crippen molar-refractivity contribution in [2.24, 2.45) is 11.8 Å². The van der Waals surface area contributed by atoms with E-state index in [1.807, 2.05) is 12.1 Å². The number of ketones is 1. The molecular weight excluding hydrogens is 546 g/mol. The maximum atomic E-state index is 12.3. The molecule has 0 radical (unpaired) electrons. The summed E-state index contributed by atoms with van der Waals surface area (Å²) in [5.74, 6) is -3.37. The van der Waals surface area contributed by atoms with Crippen molar-refractivity contribution in [3.63, 3.8) is 0 Å². The van der Waals surface area contributed by atoms with Crippen LogP contribution in [0.4, 0.5) is 0 Å². The molecule has 0 aliphatic heterocycles. The van der Waals surface area contributed by atoms with Gasteiger partial charge in [0.15, 0.2) is 0 Å². The summed E-state index contributed by atoms with van der Waals surface area (Å²) in [5.41, 5.74) is 0.301. The summed E-state index contributed by atoms with van der Waals surface area (Å²) in [7, 11) is 0. The number of rotatable bonds is 25. The zero-order valence-electron chi connectivity index (χ0n) is 24.3. The molecule has 41 heavy (non-hydrogen) atoms. The summed E-state index contributed by atoms with van der Waals surface area (Å²) >= 11 is 1.74. The van der Waals surface area contributed by atoms with Crippen molar-refractivity contribution in [2.45, 2.75) is 108 Å². The molecule has 0 fully saturated rings. The van der Waals surface area contributed by atoms with Crippen molar-refractivity contribution >= 4 is 41.4 Å². The summed E-state index contributed by atoms with van der Waals surface area (Å²) < 4.78 is 0. The second kappa shape index (κ2) is 21.8. The number of aliphatic carboxylic acids is 2. The van der Waals surface area contributed by atoms with Gasteiger partial charge in [0.05, 0.1) is 17.4 Å². The summed E-state index contributed by atoms with van der Waals surface area (Å²) in [6.07, 6.45) is 10.8.